The van der Waals surface area contributed by atoms with Crippen molar-refractivity contribution in [3.63, 3.8) is 0 Å². The first-order valence-electron chi connectivity index (χ1n) is 6.13. The van der Waals surface area contributed by atoms with Crippen LogP contribution in [0.25, 0.3) is 0 Å². The number of sulfone groups is 1. The highest BCUT2D eigenvalue weighted by atomic mass is 32.2. The zero-order chi connectivity index (χ0) is 14.3. The van der Waals surface area contributed by atoms with Gasteiger partial charge in [0.25, 0.3) is 0 Å². The summed E-state index contributed by atoms with van der Waals surface area (Å²) in [6.07, 6.45) is 0.753. The molecule has 2 N–H and O–H groups in total. The predicted octanol–water partition coefficient (Wildman–Crippen LogP) is 1.40. The maximum atomic E-state index is 12.1. The summed E-state index contributed by atoms with van der Waals surface area (Å²) in [7, 11) is -1.77. The van der Waals surface area contributed by atoms with Crippen molar-refractivity contribution in [1.82, 2.24) is 0 Å². The summed E-state index contributed by atoms with van der Waals surface area (Å²) in [5, 5.41) is 0. The van der Waals surface area contributed by atoms with Gasteiger partial charge in [-0.2, -0.15) is 0 Å². The number of hydrogen-bond acceptors (Lipinski definition) is 5. The lowest BCUT2D eigenvalue weighted by Gasteiger charge is -2.08. The van der Waals surface area contributed by atoms with Crippen LogP contribution in [0, 0.1) is 6.92 Å². The van der Waals surface area contributed by atoms with Gasteiger partial charge in [0.1, 0.15) is 0 Å². The predicted molar refractivity (Wildman–Crippen MR) is 75.0 cm³/mol. The Morgan fingerprint density at radius 1 is 1.21 bits per heavy atom. The maximum absolute atomic E-state index is 12.1. The Morgan fingerprint density at radius 3 is 2.58 bits per heavy atom. The van der Waals surface area contributed by atoms with Crippen molar-refractivity contribution in [2.45, 2.75) is 18.2 Å². The van der Waals surface area contributed by atoms with Crippen LogP contribution >= 0.6 is 0 Å². The molecule has 0 spiro atoms. The number of methoxy groups -OCH3 is 1. The molecule has 0 saturated heterocycles. The van der Waals surface area contributed by atoms with Crippen LogP contribution in [0.1, 0.15) is 12.0 Å². The van der Waals surface area contributed by atoms with Crippen LogP contribution in [-0.4, -0.2) is 41.1 Å². The van der Waals surface area contributed by atoms with Gasteiger partial charge in [0, 0.05) is 20.3 Å². The highest BCUT2D eigenvalue weighted by molar-refractivity contribution is 7.91. The highest BCUT2D eigenvalue weighted by Gasteiger charge is 2.17. The van der Waals surface area contributed by atoms with Crippen molar-refractivity contribution in [1.29, 1.82) is 0 Å². The van der Waals surface area contributed by atoms with Crippen LogP contribution < -0.4 is 5.73 Å². The van der Waals surface area contributed by atoms with E-state index in [0.717, 1.165) is 12.0 Å². The van der Waals surface area contributed by atoms with E-state index in [1.54, 1.807) is 25.3 Å². The van der Waals surface area contributed by atoms with Crippen LogP contribution in [0.15, 0.2) is 23.1 Å². The van der Waals surface area contributed by atoms with Crippen molar-refractivity contribution >= 4 is 15.5 Å². The number of anilines is 1. The van der Waals surface area contributed by atoms with Gasteiger partial charge >= 0.3 is 0 Å². The second-order valence-corrected chi connectivity index (χ2v) is 6.40. The summed E-state index contributed by atoms with van der Waals surface area (Å²) >= 11 is 0. The second kappa shape index (κ2) is 7.47. The summed E-state index contributed by atoms with van der Waals surface area (Å²) in [6, 6.07) is 4.94. The SMILES string of the molecule is COCCCOCCS(=O)(=O)c1ccc(C)cc1N. The number of benzene rings is 1. The molecule has 0 fully saturated rings. The van der Waals surface area contributed by atoms with Gasteiger partial charge in [-0.15, -0.1) is 0 Å². The van der Waals surface area contributed by atoms with E-state index in [1.807, 2.05) is 6.92 Å². The monoisotopic (exact) mass is 287 g/mol. The Balaban J connectivity index is 2.52. The van der Waals surface area contributed by atoms with Crippen LogP contribution in [0.3, 0.4) is 0 Å². The molecule has 108 valence electrons. The molecule has 6 heteroatoms. The number of ether oxygens (including phenoxy) is 2. The first-order chi connectivity index (χ1) is 8.97. The van der Waals surface area contributed by atoms with E-state index < -0.39 is 9.84 Å². The molecule has 0 unspecified atom stereocenters. The molecular formula is C13H21NO4S. The number of nitrogen functional groups attached to an aromatic ring is 1. The molecule has 0 aliphatic carbocycles. The first kappa shape index (κ1) is 15.9. The van der Waals surface area contributed by atoms with Gasteiger partial charge in [0.05, 0.1) is 22.9 Å². The Morgan fingerprint density at radius 2 is 1.95 bits per heavy atom. The van der Waals surface area contributed by atoms with Crippen molar-refractivity contribution in [2.24, 2.45) is 0 Å². The van der Waals surface area contributed by atoms with Crippen LogP contribution in [0.5, 0.6) is 0 Å². The fraction of sp³-hybridized carbons (Fsp3) is 0.538. The van der Waals surface area contributed by atoms with Crippen molar-refractivity contribution in [3.05, 3.63) is 23.8 Å². The summed E-state index contributed by atoms with van der Waals surface area (Å²) in [5.74, 6) is -0.0623. The summed E-state index contributed by atoms with van der Waals surface area (Å²) in [5.41, 5.74) is 6.97. The molecule has 1 rings (SSSR count). The van der Waals surface area contributed by atoms with Crippen molar-refractivity contribution in [2.75, 3.05) is 38.4 Å². The Labute approximate surface area is 114 Å². The third-order valence-corrected chi connectivity index (χ3v) is 4.38. The smallest absolute Gasteiger partial charge is 0.182 e. The van der Waals surface area contributed by atoms with E-state index in [4.69, 9.17) is 15.2 Å². The zero-order valence-electron chi connectivity index (χ0n) is 11.4. The lowest BCUT2D eigenvalue weighted by Crippen LogP contribution is -2.15. The lowest BCUT2D eigenvalue weighted by atomic mass is 10.2. The Hall–Kier alpha value is -1.11. The number of aryl methyl sites for hydroxylation is 1. The second-order valence-electron chi connectivity index (χ2n) is 4.32. The summed E-state index contributed by atoms with van der Waals surface area (Å²) in [4.78, 5) is 0.179. The first-order valence-corrected chi connectivity index (χ1v) is 7.78. The van der Waals surface area contributed by atoms with Crippen LogP contribution in [-0.2, 0) is 19.3 Å². The fourth-order valence-corrected chi connectivity index (χ4v) is 2.89. The minimum atomic E-state index is -3.38. The van der Waals surface area contributed by atoms with Gasteiger partial charge in [-0.1, -0.05) is 6.07 Å². The van der Waals surface area contributed by atoms with Gasteiger partial charge in [0.15, 0.2) is 9.84 Å². The van der Waals surface area contributed by atoms with E-state index in [0.29, 0.717) is 18.9 Å². The molecule has 0 aliphatic heterocycles. The highest BCUT2D eigenvalue weighted by Crippen LogP contribution is 2.20. The average Bonchev–Trinajstić information content (AvgIpc) is 2.33. The third-order valence-electron chi connectivity index (χ3n) is 2.63. The lowest BCUT2D eigenvalue weighted by molar-refractivity contribution is 0.112. The number of hydrogen-bond donors (Lipinski definition) is 1. The molecule has 5 nitrogen and oxygen atoms in total. The van der Waals surface area contributed by atoms with Gasteiger partial charge in [-0.3, -0.25) is 0 Å². The third kappa shape index (κ3) is 5.18. The molecule has 0 atom stereocenters. The number of rotatable bonds is 8. The maximum Gasteiger partial charge on any atom is 0.182 e. The minimum Gasteiger partial charge on any atom is -0.398 e. The summed E-state index contributed by atoms with van der Waals surface area (Å²) < 4.78 is 34.3. The molecule has 0 heterocycles. The van der Waals surface area contributed by atoms with Crippen molar-refractivity contribution < 1.29 is 17.9 Å². The van der Waals surface area contributed by atoms with E-state index in [2.05, 4.69) is 0 Å². The molecule has 1 aromatic carbocycles. The topological polar surface area (TPSA) is 78.6 Å². The molecular weight excluding hydrogens is 266 g/mol. The molecule has 0 aromatic heterocycles. The largest absolute Gasteiger partial charge is 0.398 e. The Bertz CT molecular complexity index is 499. The van der Waals surface area contributed by atoms with Crippen LogP contribution in [0.2, 0.25) is 0 Å². The fourth-order valence-electron chi connectivity index (χ4n) is 1.64. The molecule has 0 aliphatic rings. The van der Waals surface area contributed by atoms with E-state index in [-0.39, 0.29) is 17.3 Å². The molecule has 1 aromatic rings. The quantitative estimate of drug-likeness (QED) is 0.577. The van der Waals surface area contributed by atoms with Gasteiger partial charge < -0.3 is 15.2 Å². The van der Waals surface area contributed by atoms with Crippen molar-refractivity contribution in [3.8, 4) is 0 Å². The average molecular weight is 287 g/mol. The zero-order valence-corrected chi connectivity index (χ0v) is 12.2. The molecule has 0 saturated carbocycles. The normalized spacial score (nSPS) is 11.7. The van der Waals surface area contributed by atoms with Gasteiger partial charge in [0.2, 0.25) is 0 Å². The van der Waals surface area contributed by atoms with E-state index in [1.165, 1.54) is 0 Å². The molecule has 0 amide bonds. The van der Waals surface area contributed by atoms with E-state index >= 15 is 0 Å². The molecule has 0 bridgehead atoms. The number of nitrogens with two attached hydrogens (primary N) is 1. The van der Waals surface area contributed by atoms with Crippen LogP contribution in [0.4, 0.5) is 5.69 Å². The van der Waals surface area contributed by atoms with Gasteiger partial charge in [-0.05, 0) is 31.0 Å². The standard InChI is InChI=1S/C13H21NO4S/c1-11-4-5-13(12(14)10-11)19(15,16)9-8-18-7-3-6-17-2/h4-5,10H,3,6-9,14H2,1-2H3. The minimum absolute atomic E-state index is 0.0623. The van der Waals surface area contributed by atoms with Gasteiger partial charge in [-0.25, -0.2) is 8.42 Å². The molecule has 19 heavy (non-hydrogen) atoms. The Kier molecular flexibility index (Phi) is 6.27. The summed E-state index contributed by atoms with van der Waals surface area (Å²) in [6.45, 7) is 3.13. The van der Waals surface area contributed by atoms with E-state index in [9.17, 15) is 8.42 Å². The molecule has 0 radical (unpaired) electrons.